The number of hydrogen-bond acceptors (Lipinski definition) is 6. The number of hydrogen-bond donors (Lipinski definition) is 1. The van der Waals surface area contributed by atoms with Gasteiger partial charge in [-0.3, -0.25) is 4.79 Å². The summed E-state index contributed by atoms with van der Waals surface area (Å²) in [6, 6.07) is 14.2. The number of para-hydroxylation sites is 1. The summed E-state index contributed by atoms with van der Waals surface area (Å²) in [5.74, 6) is 0.637. The van der Waals surface area contributed by atoms with Crippen molar-refractivity contribution in [3.05, 3.63) is 80.9 Å². The second kappa shape index (κ2) is 8.78. The molecular formula is C25H28N6O2. The molecular weight excluding hydrogens is 416 g/mol. The van der Waals surface area contributed by atoms with Crippen molar-refractivity contribution in [2.75, 3.05) is 25.2 Å². The number of tetrazole rings is 1. The van der Waals surface area contributed by atoms with E-state index in [-0.39, 0.29) is 5.56 Å². The molecule has 4 aromatic rings. The van der Waals surface area contributed by atoms with Gasteiger partial charge in [-0.2, -0.15) is 0 Å². The Morgan fingerprint density at radius 1 is 1.18 bits per heavy atom. The standard InChI is InChI=1S/C25H28N6O2/c1-16-13-17(2)22-19(14-16)15-20(25(32)26-22)23(24-27-28-29-31(24)11-12-33-3)30-10-6-8-18-7-4-5-9-21(18)30/h4-5,7,9,13-15,23H,6,8,10-12H2,1-3H3,(H,26,32). The van der Waals surface area contributed by atoms with Crippen LogP contribution in [0.3, 0.4) is 0 Å². The van der Waals surface area contributed by atoms with E-state index in [4.69, 9.17) is 4.74 Å². The number of methoxy groups -OCH3 is 1. The predicted octanol–water partition coefficient (Wildman–Crippen LogP) is 3.32. The summed E-state index contributed by atoms with van der Waals surface area (Å²) in [5.41, 5.74) is 5.98. The third-order valence-electron chi connectivity index (χ3n) is 6.39. The number of nitrogens with zero attached hydrogens (tertiary/aromatic N) is 5. The number of nitrogens with one attached hydrogen (secondary N) is 1. The summed E-state index contributed by atoms with van der Waals surface area (Å²) < 4.78 is 7.01. The third-order valence-corrected chi connectivity index (χ3v) is 6.39. The zero-order chi connectivity index (χ0) is 22.9. The molecule has 3 heterocycles. The Bertz CT molecular complexity index is 1360. The average molecular weight is 445 g/mol. The van der Waals surface area contributed by atoms with Crippen molar-refractivity contribution in [1.82, 2.24) is 25.2 Å². The summed E-state index contributed by atoms with van der Waals surface area (Å²) in [6.07, 6.45) is 2.01. The molecule has 8 heteroatoms. The smallest absolute Gasteiger partial charge is 0.254 e. The number of ether oxygens (including phenoxy) is 1. The zero-order valence-corrected chi connectivity index (χ0v) is 19.2. The topological polar surface area (TPSA) is 88.9 Å². The molecule has 8 nitrogen and oxygen atoms in total. The van der Waals surface area contributed by atoms with Gasteiger partial charge in [-0.05, 0) is 71.8 Å². The highest BCUT2D eigenvalue weighted by Crippen LogP contribution is 2.36. The molecule has 0 fully saturated rings. The molecule has 0 saturated carbocycles. The normalized spacial score (nSPS) is 14.5. The van der Waals surface area contributed by atoms with Crippen molar-refractivity contribution in [3.63, 3.8) is 0 Å². The highest BCUT2D eigenvalue weighted by atomic mass is 16.5. The van der Waals surface area contributed by atoms with E-state index in [0.717, 1.165) is 47.1 Å². The highest BCUT2D eigenvalue weighted by molar-refractivity contribution is 5.83. The maximum Gasteiger partial charge on any atom is 0.254 e. The lowest BCUT2D eigenvalue weighted by Gasteiger charge is -2.37. The lowest BCUT2D eigenvalue weighted by Crippen LogP contribution is -2.38. The Balaban J connectivity index is 1.73. The van der Waals surface area contributed by atoms with E-state index in [1.54, 1.807) is 11.8 Å². The van der Waals surface area contributed by atoms with E-state index < -0.39 is 6.04 Å². The van der Waals surface area contributed by atoms with Gasteiger partial charge in [0.05, 0.1) is 18.7 Å². The molecule has 5 rings (SSSR count). The van der Waals surface area contributed by atoms with Crippen LogP contribution in [-0.4, -0.2) is 45.5 Å². The van der Waals surface area contributed by atoms with Crippen LogP contribution in [0.5, 0.6) is 0 Å². The quantitative estimate of drug-likeness (QED) is 0.491. The summed E-state index contributed by atoms with van der Waals surface area (Å²) in [6.45, 7) is 5.89. The molecule has 0 amide bonds. The second-order valence-electron chi connectivity index (χ2n) is 8.68. The lowest BCUT2D eigenvalue weighted by atomic mass is 9.96. The number of anilines is 1. The maximum absolute atomic E-state index is 13.5. The first-order valence-electron chi connectivity index (χ1n) is 11.3. The Hall–Kier alpha value is -3.52. The summed E-state index contributed by atoms with van der Waals surface area (Å²) >= 11 is 0. The molecule has 0 saturated heterocycles. The number of pyridine rings is 1. The minimum absolute atomic E-state index is 0.121. The number of aromatic amines is 1. The Morgan fingerprint density at radius 2 is 2.03 bits per heavy atom. The Kier molecular flexibility index (Phi) is 5.68. The van der Waals surface area contributed by atoms with Gasteiger partial charge in [0.1, 0.15) is 6.04 Å². The van der Waals surface area contributed by atoms with Crippen LogP contribution in [0.4, 0.5) is 5.69 Å². The predicted molar refractivity (Wildman–Crippen MR) is 128 cm³/mol. The summed E-state index contributed by atoms with van der Waals surface area (Å²) in [4.78, 5) is 18.9. The minimum atomic E-state index is -0.424. The molecule has 2 aromatic carbocycles. The number of benzene rings is 2. The second-order valence-corrected chi connectivity index (χ2v) is 8.68. The largest absolute Gasteiger partial charge is 0.383 e. The van der Waals surface area contributed by atoms with E-state index in [9.17, 15) is 4.79 Å². The molecule has 33 heavy (non-hydrogen) atoms. The number of aromatic nitrogens is 5. The first-order chi connectivity index (χ1) is 16.1. The Labute approximate surface area is 192 Å². The van der Waals surface area contributed by atoms with Crippen LogP contribution < -0.4 is 10.5 Å². The molecule has 2 aromatic heterocycles. The molecule has 1 unspecified atom stereocenters. The van der Waals surface area contributed by atoms with E-state index in [1.807, 2.05) is 19.1 Å². The SMILES string of the molecule is COCCn1nnnc1C(c1cc2cc(C)cc(C)c2[nH]c1=O)N1CCCc2ccccc21. The molecule has 0 spiro atoms. The van der Waals surface area contributed by atoms with Gasteiger partial charge < -0.3 is 14.6 Å². The van der Waals surface area contributed by atoms with Gasteiger partial charge in [-0.15, -0.1) is 5.10 Å². The number of H-pyrrole nitrogens is 1. The van der Waals surface area contributed by atoms with E-state index >= 15 is 0 Å². The van der Waals surface area contributed by atoms with Crippen molar-refractivity contribution in [1.29, 1.82) is 0 Å². The molecule has 170 valence electrons. The summed E-state index contributed by atoms with van der Waals surface area (Å²) in [7, 11) is 1.65. The van der Waals surface area contributed by atoms with Crippen molar-refractivity contribution < 1.29 is 4.74 Å². The highest BCUT2D eigenvalue weighted by Gasteiger charge is 2.33. The van der Waals surface area contributed by atoms with Crippen LogP contribution >= 0.6 is 0 Å². The lowest BCUT2D eigenvalue weighted by molar-refractivity contribution is 0.181. The van der Waals surface area contributed by atoms with Crippen molar-refractivity contribution in [2.24, 2.45) is 0 Å². The summed E-state index contributed by atoms with van der Waals surface area (Å²) in [5, 5.41) is 13.6. The van der Waals surface area contributed by atoms with Gasteiger partial charge in [0.2, 0.25) is 0 Å². The van der Waals surface area contributed by atoms with Crippen molar-refractivity contribution in [2.45, 2.75) is 39.3 Å². The van der Waals surface area contributed by atoms with Crippen LogP contribution in [0, 0.1) is 13.8 Å². The van der Waals surface area contributed by atoms with E-state index in [1.165, 1.54) is 5.56 Å². The van der Waals surface area contributed by atoms with Crippen LogP contribution in [-0.2, 0) is 17.7 Å². The minimum Gasteiger partial charge on any atom is -0.383 e. The van der Waals surface area contributed by atoms with Crippen LogP contribution in [0.2, 0.25) is 0 Å². The van der Waals surface area contributed by atoms with E-state index in [0.29, 0.717) is 24.5 Å². The van der Waals surface area contributed by atoms with Gasteiger partial charge >= 0.3 is 0 Å². The first kappa shape index (κ1) is 21.3. The number of aryl methyl sites for hydroxylation is 3. The van der Waals surface area contributed by atoms with Gasteiger partial charge in [0.15, 0.2) is 5.82 Å². The molecule has 1 N–H and O–H groups in total. The first-order valence-corrected chi connectivity index (χ1v) is 11.3. The number of rotatable bonds is 6. The van der Waals surface area contributed by atoms with Crippen molar-refractivity contribution >= 4 is 16.6 Å². The third kappa shape index (κ3) is 3.91. The molecule has 1 atom stereocenters. The van der Waals surface area contributed by atoms with Crippen LogP contribution in [0.1, 0.15) is 40.5 Å². The van der Waals surface area contributed by atoms with Gasteiger partial charge in [0.25, 0.3) is 5.56 Å². The number of fused-ring (bicyclic) bond motifs is 2. The molecule has 0 aliphatic carbocycles. The van der Waals surface area contributed by atoms with Crippen LogP contribution in [0.15, 0.2) is 47.3 Å². The fourth-order valence-electron chi connectivity index (χ4n) is 4.93. The fourth-order valence-corrected chi connectivity index (χ4v) is 4.93. The monoisotopic (exact) mass is 444 g/mol. The Morgan fingerprint density at radius 3 is 2.88 bits per heavy atom. The zero-order valence-electron chi connectivity index (χ0n) is 19.2. The fraction of sp³-hybridized carbons (Fsp3) is 0.360. The molecule has 1 aliphatic rings. The van der Waals surface area contributed by atoms with Gasteiger partial charge in [-0.25, -0.2) is 4.68 Å². The van der Waals surface area contributed by atoms with Crippen molar-refractivity contribution in [3.8, 4) is 0 Å². The average Bonchev–Trinajstić information content (AvgIpc) is 3.27. The van der Waals surface area contributed by atoms with E-state index in [2.05, 4.69) is 62.7 Å². The van der Waals surface area contributed by atoms with Gasteiger partial charge in [0, 0.05) is 24.9 Å². The molecule has 0 bridgehead atoms. The maximum atomic E-state index is 13.5. The van der Waals surface area contributed by atoms with Crippen LogP contribution in [0.25, 0.3) is 10.9 Å². The molecule has 1 aliphatic heterocycles. The van der Waals surface area contributed by atoms with Gasteiger partial charge in [-0.1, -0.05) is 29.8 Å². The molecule has 0 radical (unpaired) electrons.